The summed E-state index contributed by atoms with van der Waals surface area (Å²) in [7, 11) is 0. The van der Waals surface area contributed by atoms with Gasteiger partial charge in [0, 0.05) is 47.8 Å². The van der Waals surface area contributed by atoms with Crippen LogP contribution in [0.2, 0.25) is 0 Å². The molecule has 1 N–H and O–H groups in total. The second kappa shape index (κ2) is 8.10. The molecule has 2 heterocycles. The molecule has 0 unspecified atom stereocenters. The number of anilines is 2. The van der Waals surface area contributed by atoms with Gasteiger partial charge in [0.15, 0.2) is 0 Å². The molecule has 5 nitrogen and oxygen atoms in total. The molecule has 0 aliphatic rings. The Kier molecular flexibility index (Phi) is 5.63. The minimum atomic E-state index is -0.199. The molecule has 6 heteroatoms. The van der Waals surface area contributed by atoms with Crippen molar-refractivity contribution >= 4 is 28.6 Å². The van der Waals surface area contributed by atoms with Crippen LogP contribution in [0.4, 0.5) is 11.4 Å². The lowest BCUT2D eigenvalue weighted by Gasteiger charge is -2.22. The van der Waals surface area contributed by atoms with Crippen LogP contribution in [0.1, 0.15) is 29.9 Å². The zero-order valence-corrected chi connectivity index (χ0v) is 16.0. The van der Waals surface area contributed by atoms with Gasteiger partial charge in [-0.05, 0) is 56.7 Å². The topological polar surface area (TPSA) is 58.1 Å². The highest BCUT2D eigenvalue weighted by Gasteiger charge is 2.14. The van der Waals surface area contributed by atoms with Crippen LogP contribution in [0.25, 0.3) is 10.6 Å². The number of amides is 1. The zero-order valence-electron chi connectivity index (χ0n) is 15.2. The van der Waals surface area contributed by atoms with Crippen LogP contribution < -0.4 is 10.2 Å². The van der Waals surface area contributed by atoms with E-state index in [2.05, 4.69) is 40.1 Å². The number of nitrogens with one attached hydrogen (secondary N) is 1. The standard InChI is InChI=1S/C20H22N4OS/c1-4-24(5-2)16-8-9-17(14(3)11-16)22-19(25)18-13-26-20(23-18)15-7-6-10-21-12-15/h6-13H,4-5H2,1-3H3,(H,22,25). The minimum Gasteiger partial charge on any atom is -0.372 e. The Morgan fingerprint density at radius 2 is 2.04 bits per heavy atom. The van der Waals surface area contributed by atoms with Gasteiger partial charge in [0.05, 0.1) is 0 Å². The van der Waals surface area contributed by atoms with Gasteiger partial charge in [-0.1, -0.05) is 0 Å². The fraction of sp³-hybridized carbons (Fsp3) is 0.250. The van der Waals surface area contributed by atoms with Crippen molar-refractivity contribution < 1.29 is 4.79 Å². The van der Waals surface area contributed by atoms with Crippen molar-refractivity contribution in [1.82, 2.24) is 9.97 Å². The van der Waals surface area contributed by atoms with E-state index in [1.165, 1.54) is 11.3 Å². The Labute approximate surface area is 157 Å². The maximum Gasteiger partial charge on any atom is 0.275 e. The van der Waals surface area contributed by atoms with Crippen LogP contribution in [0, 0.1) is 6.92 Å². The van der Waals surface area contributed by atoms with Crippen LogP contribution in [0.15, 0.2) is 48.1 Å². The molecule has 0 spiro atoms. The van der Waals surface area contributed by atoms with Crippen molar-refractivity contribution in [2.45, 2.75) is 20.8 Å². The molecule has 1 amide bonds. The van der Waals surface area contributed by atoms with E-state index in [0.29, 0.717) is 5.69 Å². The summed E-state index contributed by atoms with van der Waals surface area (Å²) in [5, 5.41) is 5.53. The second-order valence-corrected chi connectivity index (χ2v) is 6.76. The highest BCUT2D eigenvalue weighted by atomic mass is 32.1. The van der Waals surface area contributed by atoms with Gasteiger partial charge in [-0.2, -0.15) is 0 Å². The lowest BCUT2D eigenvalue weighted by molar-refractivity contribution is 0.102. The van der Waals surface area contributed by atoms with Gasteiger partial charge in [0.1, 0.15) is 10.7 Å². The molecule has 3 rings (SSSR count). The number of aromatic nitrogens is 2. The molecule has 1 aromatic carbocycles. The summed E-state index contributed by atoms with van der Waals surface area (Å²) in [6.45, 7) is 8.19. The molecule has 3 aromatic rings. The largest absolute Gasteiger partial charge is 0.372 e. The number of thiazole rings is 1. The van der Waals surface area contributed by atoms with E-state index in [-0.39, 0.29) is 5.91 Å². The number of aryl methyl sites for hydroxylation is 1. The minimum absolute atomic E-state index is 0.199. The normalized spacial score (nSPS) is 10.6. The third-order valence-electron chi connectivity index (χ3n) is 4.23. The quantitative estimate of drug-likeness (QED) is 0.692. The van der Waals surface area contributed by atoms with E-state index < -0.39 is 0 Å². The monoisotopic (exact) mass is 366 g/mol. The van der Waals surface area contributed by atoms with Crippen LogP contribution in [0.5, 0.6) is 0 Å². The molecule has 0 saturated heterocycles. The van der Waals surface area contributed by atoms with Crippen molar-refractivity contribution in [3.05, 3.63) is 59.4 Å². The number of hydrogen-bond donors (Lipinski definition) is 1. The number of carbonyl (C=O) groups is 1. The highest BCUT2D eigenvalue weighted by molar-refractivity contribution is 7.13. The molecular weight excluding hydrogens is 344 g/mol. The van der Waals surface area contributed by atoms with E-state index in [4.69, 9.17) is 0 Å². The van der Waals surface area contributed by atoms with Gasteiger partial charge >= 0.3 is 0 Å². The molecule has 134 valence electrons. The van der Waals surface area contributed by atoms with E-state index in [1.54, 1.807) is 17.8 Å². The molecule has 0 radical (unpaired) electrons. The highest BCUT2D eigenvalue weighted by Crippen LogP contribution is 2.25. The third kappa shape index (κ3) is 3.91. The Morgan fingerprint density at radius 3 is 2.69 bits per heavy atom. The average Bonchev–Trinajstić information content (AvgIpc) is 3.16. The first-order valence-corrected chi connectivity index (χ1v) is 9.53. The first-order valence-electron chi connectivity index (χ1n) is 8.65. The molecule has 0 aliphatic heterocycles. The van der Waals surface area contributed by atoms with Crippen molar-refractivity contribution in [1.29, 1.82) is 0 Å². The number of benzene rings is 1. The molecule has 26 heavy (non-hydrogen) atoms. The summed E-state index contributed by atoms with van der Waals surface area (Å²) >= 11 is 1.44. The summed E-state index contributed by atoms with van der Waals surface area (Å²) in [4.78, 5) is 23.4. The Hall–Kier alpha value is -2.73. The summed E-state index contributed by atoms with van der Waals surface area (Å²) in [6.07, 6.45) is 3.46. The molecular formula is C20H22N4OS. The van der Waals surface area contributed by atoms with Crippen molar-refractivity contribution in [3.63, 3.8) is 0 Å². The number of nitrogens with zero attached hydrogens (tertiary/aromatic N) is 3. The second-order valence-electron chi connectivity index (χ2n) is 5.91. The number of hydrogen-bond acceptors (Lipinski definition) is 5. The number of carbonyl (C=O) groups excluding carboxylic acids is 1. The maximum atomic E-state index is 12.5. The van der Waals surface area contributed by atoms with Crippen LogP contribution in [0.3, 0.4) is 0 Å². The molecule has 2 aromatic heterocycles. The Bertz CT molecular complexity index is 888. The SMILES string of the molecule is CCN(CC)c1ccc(NC(=O)c2csc(-c3cccnc3)n2)c(C)c1. The summed E-state index contributed by atoms with van der Waals surface area (Å²) in [5.74, 6) is -0.199. The zero-order chi connectivity index (χ0) is 18.5. The van der Waals surface area contributed by atoms with Gasteiger partial charge in [0.25, 0.3) is 5.91 Å². The Morgan fingerprint density at radius 1 is 1.23 bits per heavy atom. The van der Waals surface area contributed by atoms with E-state index in [0.717, 1.165) is 40.6 Å². The third-order valence-corrected chi connectivity index (χ3v) is 5.12. The Balaban J connectivity index is 1.75. The van der Waals surface area contributed by atoms with Gasteiger partial charge in [-0.15, -0.1) is 11.3 Å². The van der Waals surface area contributed by atoms with Gasteiger partial charge < -0.3 is 10.2 Å². The van der Waals surface area contributed by atoms with E-state index in [1.807, 2.05) is 31.2 Å². The first-order chi connectivity index (χ1) is 12.6. The maximum absolute atomic E-state index is 12.5. The number of pyridine rings is 1. The lowest BCUT2D eigenvalue weighted by Crippen LogP contribution is -2.22. The van der Waals surface area contributed by atoms with Crippen molar-refractivity contribution in [2.75, 3.05) is 23.3 Å². The van der Waals surface area contributed by atoms with Crippen LogP contribution in [-0.2, 0) is 0 Å². The fourth-order valence-electron chi connectivity index (χ4n) is 2.76. The van der Waals surface area contributed by atoms with E-state index in [9.17, 15) is 4.79 Å². The fourth-order valence-corrected chi connectivity index (χ4v) is 3.55. The number of rotatable bonds is 6. The lowest BCUT2D eigenvalue weighted by atomic mass is 10.1. The van der Waals surface area contributed by atoms with Crippen molar-refractivity contribution in [2.24, 2.45) is 0 Å². The van der Waals surface area contributed by atoms with Crippen LogP contribution >= 0.6 is 11.3 Å². The summed E-state index contributed by atoms with van der Waals surface area (Å²) < 4.78 is 0. The molecule has 0 saturated carbocycles. The smallest absolute Gasteiger partial charge is 0.275 e. The van der Waals surface area contributed by atoms with Gasteiger partial charge in [0.2, 0.25) is 0 Å². The average molecular weight is 366 g/mol. The van der Waals surface area contributed by atoms with Crippen molar-refractivity contribution in [3.8, 4) is 10.6 Å². The molecule has 0 fully saturated rings. The van der Waals surface area contributed by atoms with Gasteiger partial charge in [-0.3, -0.25) is 9.78 Å². The van der Waals surface area contributed by atoms with E-state index >= 15 is 0 Å². The molecule has 0 bridgehead atoms. The predicted molar refractivity (Wildman–Crippen MR) is 108 cm³/mol. The summed E-state index contributed by atoms with van der Waals surface area (Å²) in [5.41, 5.74) is 4.34. The molecule has 0 aliphatic carbocycles. The summed E-state index contributed by atoms with van der Waals surface area (Å²) in [6, 6.07) is 9.89. The predicted octanol–water partition coefficient (Wildman–Crippen LogP) is 4.61. The van der Waals surface area contributed by atoms with Gasteiger partial charge in [-0.25, -0.2) is 4.98 Å². The van der Waals surface area contributed by atoms with Crippen LogP contribution in [-0.4, -0.2) is 29.0 Å². The molecule has 0 atom stereocenters. The first kappa shape index (κ1) is 18.1.